The number of amides is 1. The molecule has 2 atom stereocenters. The fraction of sp³-hybridized carbons (Fsp3) is 0.933. The fourth-order valence-electron chi connectivity index (χ4n) is 2.58. The number of ether oxygens (including phenoxy) is 1. The molecule has 1 rings (SSSR count). The lowest BCUT2D eigenvalue weighted by atomic mass is 9.91. The van der Waals surface area contributed by atoms with Crippen LogP contribution in [0.2, 0.25) is 0 Å². The molecule has 0 bridgehead atoms. The number of nitrogens with one attached hydrogen (secondary N) is 1. The summed E-state index contributed by atoms with van der Waals surface area (Å²) in [6.45, 7) is 8.80. The molecule has 0 saturated carbocycles. The van der Waals surface area contributed by atoms with E-state index in [1.807, 2.05) is 27.7 Å². The second kappa shape index (κ2) is 7.96. The molecule has 0 aliphatic carbocycles. The van der Waals surface area contributed by atoms with Crippen molar-refractivity contribution in [1.29, 1.82) is 0 Å². The Labute approximate surface area is 127 Å². The van der Waals surface area contributed by atoms with Gasteiger partial charge in [-0.2, -0.15) is 0 Å². The first-order valence-corrected chi connectivity index (χ1v) is 7.72. The third-order valence-electron chi connectivity index (χ3n) is 3.76. The van der Waals surface area contributed by atoms with Gasteiger partial charge in [0.1, 0.15) is 5.60 Å². The van der Waals surface area contributed by atoms with Crippen molar-refractivity contribution >= 4 is 6.09 Å². The van der Waals surface area contributed by atoms with Crippen LogP contribution in [0.4, 0.5) is 4.79 Å². The van der Waals surface area contributed by atoms with Crippen molar-refractivity contribution in [2.75, 3.05) is 26.3 Å². The van der Waals surface area contributed by atoms with E-state index in [2.05, 4.69) is 5.32 Å². The van der Waals surface area contributed by atoms with E-state index >= 15 is 0 Å². The predicted molar refractivity (Wildman–Crippen MR) is 81.1 cm³/mol. The van der Waals surface area contributed by atoms with Crippen LogP contribution in [-0.4, -0.2) is 65.2 Å². The first-order valence-electron chi connectivity index (χ1n) is 7.72. The number of hydrogen-bond donors (Lipinski definition) is 3. The molecule has 6 heteroatoms. The molecule has 21 heavy (non-hydrogen) atoms. The molecule has 0 radical (unpaired) electrons. The van der Waals surface area contributed by atoms with Gasteiger partial charge in [-0.1, -0.05) is 0 Å². The Morgan fingerprint density at radius 3 is 2.52 bits per heavy atom. The van der Waals surface area contributed by atoms with Gasteiger partial charge >= 0.3 is 6.09 Å². The smallest absolute Gasteiger partial charge is 0.410 e. The van der Waals surface area contributed by atoms with Crippen molar-refractivity contribution in [3.05, 3.63) is 0 Å². The summed E-state index contributed by atoms with van der Waals surface area (Å²) in [7, 11) is 0. The highest BCUT2D eigenvalue weighted by molar-refractivity contribution is 5.68. The number of aliphatic hydroxyl groups excluding tert-OH is 2. The Balaban J connectivity index is 2.53. The average molecular weight is 302 g/mol. The van der Waals surface area contributed by atoms with Crippen molar-refractivity contribution < 1.29 is 19.7 Å². The SMILES string of the molecule is CC(NC(CO)CO)C1CCCN(C(=O)OC(C)(C)C)C1. The summed E-state index contributed by atoms with van der Waals surface area (Å²) < 4.78 is 5.42. The molecule has 124 valence electrons. The molecular weight excluding hydrogens is 272 g/mol. The van der Waals surface area contributed by atoms with E-state index in [9.17, 15) is 4.79 Å². The number of carbonyl (C=O) groups is 1. The van der Waals surface area contributed by atoms with E-state index in [0.717, 1.165) is 19.4 Å². The first kappa shape index (κ1) is 18.2. The van der Waals surface area contributed by atoms with Crippen LogP contribution in [0.25, 0.3) is 0 Å². The maximum absolute atomic E-state index is 12.1. The summed E-state index contributed by atoms with van der Waals surface area (Å²) in [5, 5.41) is 21.5. The number of hydrogen-bond acceptors (Lipinski definition) is 5. The van der Waals surface area contributed by atoms with Gasteiger partial charge in [-0.15, -0.1) is 0 Å². The van der Waals surface area contributed by atoms with Crippen LogP contribution in [0.15, 0.2) is 0 Å². The Morgan fingerprint density at radius 1 is 1.38 bits per heavy atom. The van der Waals surface area contributed by atoms with Crippen LogP contribution >= 0.6 is 0 Å². The zero-order valence-corrected chi connectivity index (χ0v) is 13.6. The topological polar surface area (TPSA) is 82.0 Å². The monoisotopic (exact) mass is 302 g/mol. The molecule has 1 fully saturated rings. The highest BCUT2D eigenvalue weighted by Gasteiger charge is 2.30. The number of nitrogens with zero attached hydrogens (tertiary/aromatic N) is 1. The molecule has 1 aliphatic heterocycles. The van der Waals surface area contributed by atoms with Crippen LogP contribution in [-0.2, 0) is 4.74 Å². The molecule has 0 aromatic heterocycles. The minimum Gasteiger partial charge on any atom is -0.444 e. The maximum Gasteiger partial charge on any atom is 0.410 e. The number of piperidine rings is 1. The van der Waals surface area contributed by atoms with Crippen LogP contribution < -0.4 is 5.32 Å². The van der Waals surface area contributed by atoms with Crippen molar-refractivity contribution in [3.8, 4) is 0 Å². The van der Waals surface area contributed by atoms with E-state index in [1.165, 1.54) is 0 Å². The molecular formula is C15H30N2O4. The Kier molecular flexibility index (Phi) is 6.90. The molecule has 0 aromatic carbocycles. The highest BCUT2D eigenvalue weighted by atomic mass is 16.6. The third kappa shape index (κ3) is 6.20. The minimum atomic E-state index is -0.479. The van der Waals surface area contributed by atoms with Crippen LogP contribution in [0.5, 0.6) is 0 Å². The van der Waals surface area contributed by atoms with Gasteiger partial charge in [0.2, 0.25) is 0 Å². The lowest BCUT2D eigenvalue weighted by molar-refractivity contribution is 0.0140. The maximum atomic E-state index is 12.1. The van der Waals surface area contributed by atoms with Gasteiger partial charge < -0.3 is 25.2 Å². The van der Waals surface area contributed by atoms with Gasteiger partial charge in [-0.3, -0.25) is 0 Å². The van der Waals surface area contributed by atoms with E-state index in [4.69, 9.17) is 14.9 Å². The molecule has 1 aliphatic rings. The van der Waals surface area contributed by atoms with Crippen LogP contribution in [0, 0.1) is 5.92 Å². The first-order chi connectivity index (χ1) is 9.76. The van der Waals surface area contributed by atoms with Crippen molar-refractivity contribution in [1.82, 2.24) is 10.2 Å². The zero-order chi connectivity index (χ0) is 16.0. The molecule has 1 amide bonds. The Bertz CT molecular complexity index is 326. The van der Waals surface area contributed by atoms with E-state index in [0.29, 0.717) is 12.5 Å². The average Bonchev–Trinajstić information content (AvgIpc) is 2.42. The molecule has 1 heterocycles. The summed E-state index contributed by atoms with van der Waals surface area (Å²) in [6.07, 6.45) is 1.70. The molecule has 2 unspecified atom stereocenters. The number of rotatable bonds is 5. The standard InChI is InChI=1S/C15H30N2O4/c1-11(16-13(9-18)10-19)12-6-5-7-17(8-12)14(20)21-15(2,3)4/h11-13,16,18-19H,5-10H2,1-4H3. The summed E-state index contributed by atoms with van der Waals surface area (Å²) >= 11 is 0. The summed E-state index contributed by atoms with van der Waals surface area (Å²) in [5.74, 6) is 0.298. The van der Waals surface area contributed by atoms with Crippen molar-refractivity contribution in [3.63, 3.8) is 0 Å². The van der Waals surface area contributed by atoms with Gasteiger partial charge in [0.05, 0.1) is 19.3 Å². The zero-order valence-electron chi connectivity index (χ0n) is 13.6. The van der Waals surface area contributed by atoms with Crippen molar-refractivity contribution in [2.24, 2.45) is 5.92 Å². The Morgan fingerprint density at radius 2 is 2.00 bits per heavy atom. The third-order valence-corrected chi connectivity index (χ3v) is 3.76. The second-order valence-corrected chi connectivity index (χ2v) is 6.85. The minimum absolute atomic E-state index is 0.0939. The van der Waals surface area contributed by atoms with Gasteiger partial charge in [0.25, 0.3) is 0 Å². The molecule has 3 N–H and O–H groups in total. The predicted octanol–water partition coefficient (Wildman–Crippen LogP) is 0.965. The highest BCUT2D eigenvalue weighted by Crippen LogP contribution is 2.22. The van der Waals surface area contributed by atoms with Gasteiger partial charge in [0, 0.05) is 19.1 Å². The second-order valence-electron chi connectivity index (χ2n) is 6.85. The fourth-order valence-corrected chi connectivity index (χ4v) is 2.58. The number of carbonyl (C=O) groups excluding carboxylic acids is 1. The quantitative estimate of drug-likeness (QED) is 0.705. The summed E-state index contributed by atoms with van der Waals surface area (Å²) in [6, 6.07) is -0.184. The lowest BCUT2D eigenvalue weighted by Gasteiger charge is -2.37. The summed E-state index contributed by atoms with van der Waals surface area (Å²) in [5.41, 5.74) is -0.479. The van der Waals surface area contributed by atoms with Crippen LogP contribution in [0.1, 0.15) is 40.5 Å². The number of likely N-dealkylation sites (tertiary alicyclic amines) is 1. The molecule has 0 aromatic rings. The number of aliphatic hydroxyl groups is 2. The van der Waals surface area contributed by atoms with E-state index in [1.54, 1.807) is 4.90 Å². The van der Waals surface area contributed by atoms with Crippen LogP contribution in [0.3, 0.4) is 0 Å². The molecule has 6 nitrogen and oxygen atoms in total. The molecule has 0 spiro atoms. The van der Waals surface area contributed by atoms with Gasteiger partial charge in [-0.05, 0) is 46.5 Å². The van der Waals surface area contributed by atoms with E-state index < -0.39 is 5.60 Å². The van der Waals surface area contributed by atoms with E-state index in [-0.39, 0.29) is 31.4 Å². The largest absolute Gasteiger partial charge is 0.444 e. The van der Waals surface area contributed by atoms with Gasteiger partial charge in [-0.25, -0.2) is 4.79 Å². The normalized spacial score (nSPS) is 21.5. The van der Waals surface area contributed by atoms with Crippen molar-refractivity contribution in [2.45, 2.75) is 58.2 Å². The summed E-state index contributed by atoms with van der Waals surface area (Å²) in [4.78, 5) is 13.9. The lowest BCUT2D eigenvalue weighted by Crippen LogP contribution is -2.51. The Hall–Kier alpha value is -0.850. The molecule has 1 saturated heterocycles. The van der Waals surface area contributed by atoms with Gasteiger partial charge in [0.15, 0.2) is 0 Å².